The van der Waals surface area contributed by atoms with Crippen LogP contribution in [0.4, 0.5) is 0 Å². The fraction of sp³-hybridized carbons (Fsp3) is 0.333. The molecule has 0 radical (unpaired) electrons. The zero-order chi connectivity index (χ0) is 10.7. The summed E-state index contributed by atoms with van der Waals surface area (Å²) in [5, 5.41) is 18.1. The summed E-state index contributed by atoms with van der Waals surface area (Å²) in [5.41, 5.74) is 1.07. The van der Waals surface area contributed by atoms with Gasteiger partial charge in [0, 0.05) is 11.3 Å². The van der Waals surface area contributed by atoms with Crippen molar-refractivity contribution < 1.29 is 15.0 Å². The van der Waals surface area contributed by atoms with Crippen molar-refractivity contribution in [1.29, 1.82) is 0 Å². The molecule has 1 aromatic heterocycles. The van der Waals surface area contributed by atoms with Crippen LogP contribution in [0.3, 0.4) is 0 Å². The van der Waals surface area contributed by atoms with Crippen molar-refractivity contribution >= 4 is 17.6 Å². The maximum absolute atomic E-state index is 10.3. The molecule has 0 aliphatic rings. The van der Waals surface area contributed by atoms with Crippen molar-refractivity contribution in [1.82, 2.24) is 4.98 Å². The van der Waals surface area contributed by atoms with E-state index in [2.05, 4.69) is 4.98 Å². The maximum atomic E-state index is 10.3. The van der Waals surface area contributed by atoms with E-state index in [1.54, 1.807) is 19.1 Å². The van der Waals surface area contributed by atoms with Crippen LogP contribution in [0.1, 0.15) is 23.8 Å². The smallest absolute Gasteiger partial charge is 0.306 e. The Morgan fingerprint density at radius 3 is 2.79 bits per heavy atom. The minimum atomic E-state index is -1.10. The Balaban J connectivity index is 2.90. The highest BCUT2D eigenvalue weighted by Gasteiger charge is 2.15. The first-order valence-corrected chi connectivity index (χ1v) is 4.41. The van der Waals surface area contributed by atoms with E-state index in [0.29, 0.717) is 5.56 Å². The number of carboxylic acids is 1. The first-order chi connectivity index (χ1) is 6.50. The summed E-state index contributed by atoms with van der Waals surface area (Å²) < 4.78 is 0. The second-order valence-electron chi connectivity index (χ2n) is 2.95. The number of aromatic nitrogens is 1. The highest BCUT2D eigenvalue weighted by Crippen LogP contribution is 2.23. The second-order valence-corrected chi connectivity index (χ2v) is 3.30. The van der Waals surface area contributed by atoms with Crippen molar-refractivity contribution in [2.45, 2.75) is 19.4 Å². The predicted molar refractivity (Wildman–Crippen MR) is 51.2 cm³/mol. The number of aliphatic carboxylic acids is 1. The molecule has 0 aliphatic carbocycles. The molecule has 5 heteroatoms. The third kappa shape index (κ3) is 2.68. The summed E-state index contributed by atoms with van der Waals surface area (Å²) in [6.07, 6.45) is -1.47. The lowest BCUT2D eigenvalue weighted by atomic mass is 10.1. The number of carboxylic acid groups (broad SMARTS) is 1. The van der Waals surface area contributed by atoms with E-state index in [-0.39, 0.29) is 11.6 Å². The number of hydrogen-bond acceptors (Lipinski definition) is 3. The predicted octanol–water partition coefficient (Wildman–Crippen LogP) is 1.55. The van der Waals surface area contributed by atoms with Crippen molar-refractivity contribution in [3.8, 4) is 0 Å². The number of nitrogens with zero attached hydrogens (tertiary/aromatic N) is 1. The first-order valence-electron chi connectivity index (χ1n) is 4.03. The minimum absolute atomic E-state index is 0.152. The second kappa shape index (κ2) is 4.39. The molecule has 1 rings (SSSR count). The van der Waals surface area contributed by atoms with E-state index in [9.17, 15) is 9.90 Å². The van der Waals surface area contributed by atoms with Crippen molar-refractivity contribution in [3.05, 3.63) is 28.5 Å². The molecule has 0 aliphatic heterocycles. The molecule has 1 heterocycles. The van der Waals surface area contributed by atoms with Gasteiger partial charge in [-0.3, -0.25) is 4.79 Å². The lowest BCUT2D eigenvalue weighted by Gasteiger charge is -2.09. The van der Waals surface area contributed by atoms with E-state index < -0.39 is 12.1 Å². The van der Waals surface area contributed by atoms with Gasteiger partial charge >= 0.3 is 5.97 Å². The minimum Gasteiger partial charge on any atom is -0.481 e. The van der Waals surface area contributed by atoms with Gasteiger partial charge in [-0.25, -0.2) is 4.98 Å². The molecule has 0 fully saturated rings. The molecule has 0 bridgehead atoms. The van der Waals surface area contributed by atoms with E-state index in [1.807, 2.05) is 0 Å². The van der Waals surface area contributed by atoms with Crippen LogP contribution in [0.25, 0.3) is 0 Å². The normalized spacial score (nSPS) is 12.5. The highest BCUT2D eigenvalue weighted by molar-refractivity contribution is 6.30. The molecule has 1 aromatic rings. The number of pyridine rings is 1. The Morgan fingerprint density at radius 2 is 2.29 bits per heavy atom. The van der Waals surface area contributed by atoms with E-state index in [1.165, 1.54) is 0 Å². The molecule has 4 nitrogen and oxygen atoms in total. The molecule has 0 aromatic carbocycles. The Bertz CT molecular complexity index is 354. The van der Waals surface area contributed by atoms with Crippen LogP contribution in [0.15, 0.2) is 12.1 Å². The summed E-state index contributed by atoms with van der Waals surface area (Å²) in [6.45, 7) is 1.76. The summed E-state index contributed by atoms with van der Waals surface area (Å²) >= 11 is 5.74. The summed E-state index contributed by atoms with van der Waals surface area (Å²) in [6, 6.07) is 3.25. The van der Waals surface area contributed by atoms with Crippen LogP contribution in [0, 0.1) is 6.92 Å². The molecule has 0 amide bonds. The number of aliphatic hydroxyl groups excluding tert-OH is 1. The monoisotopic (exact) mass is 215 g/mol. The Labute approximate surface area is 86.2 Å². The SMILES string of the molecule is Cc1ccc([C@H](O)CC(=O)O)c(Cl)n1. The first kappa shape index (κ1) is 10.9. The largest absolute Gasteiger partial charge is 0.481 e. The summed E-state index contributed by atoms with van der Waals surface area (Å²) in [7, 11) is 0. The molecular formula is C9H10ClNO3. The van der Waals surface area contributed by atoms with Gasteiger partial charge in [0.05, 0.1) is 12.5 Å². The molecule has 1 atom stereocenters. The van der Waals surface area contributed by atoms with Gasteiger partial charge in [0.25, 0.3) is 0 Å². The van der Waals surface area contributed by atoms with Gasteiger partial charge in [-0.15, -0.1) is 0 Å². The average molecular weight is 216 g/mol. The van der Waals surface area contributed by atoms with Gasteiger partial charge in [-0.2, -0.15) is 0 Å². The summed E-state index contributed by atoms with van der Waals surface area (Å²) in [5.74, 6) is -1.07. The van der Waals surface area contributed by atoms with Crippen molar-refractivity contribution in [2.24, 2.45) is 0 Å². The van der Waals surface area contributed by atoms with Gasteiger partial charge < -0.3 is 10.2 Å². The zero-order valence-electron chi connectivity index (χ0n) is 7.57. The molecule has 0 saturated carbocycles. The Hall–Kier alpha value is -1.13. The van der Waals surface area contributed by atoms with E-state index >= 15 is 0 Å². The fourth-order valence-electron chi connectivity index (χ4n) is 1.06. The van der Waals surface area contributed by atoms with Gasteiger partial charge in [-0.1, -0.05) is 17.7 Å². The standard InChI is InChI=1S/C9H10ClNO3/c1-5-2-3-6(9(10)11-5)7(12)4-8(13)14/h2-3,7,12H,4H2,1H3,(H,13,14)/t7-/m1/s1. The average Bonchev–Trinajstić information content (AvgIpc) is 2.01. The molecule has 0 spiro atoms. The Morgan fingerprint density at radius 1 is 1.64 bits per heavy atom. The van der Waals surface area contributed by atoms with Crippen molar-refractivity contribution in [3.63, 3.8) is 0 Å². The van der Waals surface area contributed by atoms with Gasteiger partial charge in [-0.05, 0) is 13.0 Å². The van der Waals surface area contributed by atoms with Crippen LogP contribution in [-0.2, 0) is 4.79 Å². The van der Waals surface area contributed by atoms with Crippen LogP contribution in [0.5, 0.6) is 0 Å². The van der Waals surface area contributed by atoms with E-state index in [0.717, 1.165) is 5.69 Å². The Kier molecular flexibility index (Phi) is 3.43. The van der Waals surface area contributed by atoms with Crippen LogP contribution in [0.2, 0.25) is 5.15 Å². The molecule has 0 saturated heterocycles. The molecule has 2 N–H and O–H groups in total. The zero-order valence-corrected chi connectivity index (χ0v) is 8.32. The topological polar surface area (TPSA) is 70.4 Å². The number of hydrogen-bond donors (Lipinski definition) is 2. The number of rotatable bonds is 3. The van der Waals surface area contributed by atoms with Crippen LogP contribution >= 0.6 is 11.6 Å². The van der Waals surface area contributed by atoms with Gasteiger partial charge in [0.2, 0.25) is 0 Å². The number of carbonyl (C=O) groups is 1. The molecule has 0 unspecified atom stereocenters. The van der Waals surface area contributed by atoms with Crippen LogP contribution < -0.4 is 0 Å². The number of aryl methyl sites for hydroxylation is 1. The lowest BCUT2D eigenvalue weighted by Crippen LogP contribution is -2.06. The highest BCUT2D eigenvalue weighted by atomic mass is 35.5. The fourth-order valence-corrected chi connectivity index (χ4v) is 1.38. The number of aliphatic hydroxyl groups is 1. The van der Waals surface area contributed by atoms with E-state index in [4.69, 9.17) is 16.7 Å². The summed E-state index contributed by atoms with van der Waals surface area (Å²) in [4.78, 5) is 14.3. The molecule has 14 heavy (non-hydrogen) atoms. The molecular weight excluding hydrogens is 206 g/mol. The van der Waals surface area contributed by atoms with Gasteiger partial charge in [0.15, 0.2) is 0 Å². The van der Waals surface area contributed by atoms with Gasteiger partial charge in [0.1, 0.15) is 5.15 Å². The molecule has 76 valence electrons. The lowest BCUT2D eigenvalue weighted by molar-refractivity contribution is -0.139. The quantitative estimate of drug-likeness (QED) is 0.751. The third-order valence-corrected chi connectivity index (χ3v) is 2.05. The third-order valence-electron chi connectivity index (χ3n) is 1.74. The maximum Gasteiger partial charge on any atom is 0.306 e. The van der Waals surface area contributed by atoms with Crippen LogP contribution in [-0.4, -0.2) is 21.2 Å². The van der Waals surface area contributed by atoms with Crippen molar-refractivity contribution in [2.75, 3.05) is 0 Å². The number of halogens is 1.